The van der Waals surface area contributed by atoms with Gasteiger partial charge < -0.3 is 15.2 Å². The average Bonchev–Trinajstić information content (AvgIpc) is 2.61. The van der Waals surface area contributed by atoms with Crippen molar-refractivity contribution >= 4 is 29.6 Å². The van der Waals surface area contributed by atoms with Gasteiger partial charge in [-0.1, -0.05) is 23.7 Å². The number of carbonyl (C=O) groups excluding carboxylic acids is 2. The second-order valence-corrected chi connectivity index (χ2v) is 5.32. The Morgan fingerprint density at radius 1 is 1.28 bits per heavy atom. The van der Waals surface area contributed by atoms with E-state index in [9.17, 15) is 14.7 Å². The zero-order valence-electron chi connectivity index (χ0n) is 13.3. The fraction of sp³-hybridized carbons (Fsp3) is 0.118. The third-order valence-electron chi connectivity index (χ3n) is 3.14. The molecule has 0 atom stereocenters. The van der Waals surface area contributed by atoms with Crippen LogP contribution in [-0.4, -0.2) is 36.8 Å². The number of phenolic OH excluding ortho intramolecular Hbond substituents is 1. The first-order valence-corrected chi connectivity index (χ1v) is 7.60. The Balaban J connectivity index is 1.86. The molecule has 0 radical (unpaired) electrons. The second-order valence-electron chi connectivity index (χ2n) is 4.88. The summed E-state index contributed by atoms with van der Waals surface area (Å²) in [7, 11) is 1.43. The molecule has 2 aromatic rings. The Morgan fingerprint density at radius 3 is 2.76 bits per heavy atom. The van der Waals surface area contributed by atoms with Gasteiger partial charge in [-0.25, -0.2) is 5.43 Å². The summed E-state index contributed by atoms with van der Waals surface area (Å²) >= 11 is 5.80. The maximum absolute atomic E-state index is 11.9. The van der Waals surface area contributed by atoms with E-state index in [0.29, 0.717) is 21.9 Å². The minimum absolute atomic E-state index is 0.0859. The van der Waals surface area contributed by atoms with E-state index in [1.165, 1.54) is 19.4 Å². The lowest BCUT2D eigenvalue weighted by Crippen LogP contribution is -2.34. The van der Waals surface area contributed by atoms with E-state index >= 15 is 0 Å². The molecule has 130 valence electrons. The summed E-state index contributed by atoms with van der Waals surface area (Å²) in [6.07, 6.45) is 1.27. The van der Waals surface area contributed by atoms with Crippen molar-refractivity contribution in [1.29, 1.82) is 0 Å². The van der Waals surface area contributed by atoms with Crippen molar-refractivity contribution in [2.45, 2.75) is 0 Å². The third-order valence-corrected chi connectivity index (χ3v) is 3.37. The number of methoxy groups -OCH3 is 1. The van der Waals surface area contributed by atoms with Crippen LogP contribution in [-0.2, 0) is 4.79 Å². The number of hydrogen-bond acceptors (Lipinski definition) is 5. The first-order chi connectivity index (χ1) is 12.0. The minimum Gasteiger partial charge on any atom is -0.504 e. The number of carbonyl (C=O) groups is 2. The van der Waals surface area contributed by atoms with Gasteiger partial charge in [-0.05, 0) is 30.3 Å². The average molecular weight is 362 g/mol. The molecule has 0 spiro atoms. The maximum atomic E-state index is 11.9. The molecule has 0 aliphatic carbocycles. The highest BCUT2D eigenvalue weighted by atomic mass is 35.5. The van der Waals surface area contributed by atoms with Crippen LogP contribution in [0.5, 0.6) is 11.5 Å². The molecule has 2 aromatic carbocycles. The largest absolute Gasteiger partial charge is 0.504 e. The van der Waals surface area contributed by atoms with Crippen LogP contribution in [0.3, 0.4) is 0 Å². The number of hydrazone groups is 1. The number of aromatic hydroxyl groups is 1. The van der Waals surface area contributed by atoms with E-state index in [0.717, 1.165) is 0 Å². The minimum atomic E-state index is -0.519. The molecular weight excluding hydrogens is 346 g/mol. The normalized spacial score (nSPS) is 10.5. The number of rotatable bonds is 6. The molecule has 2 amide bonds. The molecule has 25 heavy (non-hydrogen) atoms. The van der Waals surface area contributed by atoms with Crippen LogP contribution in [0.25, 0.3) is 0 Å². The number of phenols is 1. The van der Waals surface area contributed by atoms with E-state index in [1.54, 1.807) is 36.4 Å². The van der Waals surface area contributed by atoms with E-state index in [1.807, 2.05) is 0 Å². The van der Waals surface area contributed by atoms with Crippen molar-refractivity contribution in [2.75, 3.05) is 13.7 Å². The highest BCUT2D eigenvalue weighted by Crippen LogP contribution is 2.27. The predicted molar refractivity (Wildman–Crippen MR) is 94.2 cm³/mol. The Morgan fingerprint density at radius 2 is 2.04 bits per heavy atom. The number of para-hydroxylation sites is 1. The summed E-state index contributed by atoms with van der Waals surface area (Å²) in [4.78, 5) is 23.6. The number of nitrogens with zero attached hydrogens (tertiary/aromatic N) is 1. The lowest BCUT2D eigenvalue weighted by Gasteiger charge is -2.06. The summed E-state index contributed by atoms with van der Waals surface area (Å²) < 4.78 is 4.97. The van der Waals surface area contributed by atoms with Crippen LogP contribution in [0.2, 0.25) is 5.02 Å². The van der Waals surface area contributed by atoms with Gasteiger partial charge in [0.25, 0.3) is 11.8 Å². The summed E-state index contributed by atoms with van der Waals surface area (Å²) in [5, 5.41) is 16.5. The van der Waals surface area contributed by atoms with Crippen molar-refractivity contribution in [3.63, 3.8) is 0 Å². The molecule has 2 rings (SSSR count). The second kappa shape index (κ2) is 8.70. The first kappa shape index (κ1) is 18.3. The van der Waals surface area contributed by atoms with Gasteiger partial charge in [0.05, 0.1) is 19.9 Å². The summed E-state index contributed by atoms with van der Waals surface area (Å²) in [6, 6.07) is 11.2. The highest BCUT2D eigenvalue weighted by molar-refractivity contribution is 6.30. The number of halogens is 1. The first-order valence-electron chi connectivity index (χ1n) is 7.23. The number of amides is 2. The number of ether oxygens (including phenoxy) is 1. The van der Waals surface area contributed by atoms with Crippen LogP contribution < -0.4 is 15.5 Å². The van der Waals surface area contributed by atoms with Crippen LogP contribution in [0.1, 0.15) is 15.9 Å². The lowest BCUT2D eigenvalue weighted by atomic mass is 10.2. The summed E-state index contributed by atoms with van der Waals surface area (Å²) in [5.74, 6) is -0.734. The molecule has 3 N–H and O–H groups in total. The van der Waals surface area contributed by atoms with Gasteiger partial charge in [0.15, 0.2) is 11.5 Å². The van der Waals surface area contributed by atoms with Gasteiger partial charge in [-0.3, -0.25) is 9.59 Å². The van der Waals surface area contributed by atoms with Crippen LogP contribution in [0.15, 0.2) is 47.6 Å². The smallest absolute Gasteiger partial charge is 0.259 e. The number of benzene rings is 2. The number of hydrogen-bond donors (Lipinski definition) is 3. The van der Waals surface area contributed by atoms with Gasteiger partial charge in [-0.2, -0.15) is 5.10 Å². The van der Waals surface area contributed by atoms with E-state index in [-0.39, 0.29) is 12.3 Å². The molecule has 0 aromatic heterocycles. The van der Waals surface area contributed by atoms with Crippen molar-refractivity contribution < 1.29 is 19.4 Å². The Kier molecular flexibility index (Phi) is 6.36. The molecular formula is C17H16ClN3O4. The highest BCUT2D eigenvalue weighted by Gasteiger charge is 2.08. The zero-order chi connectivity index (χ0) is 18.2. The Bertz CT molecular complexity index is 808. The third kappa shape index (κ3) is 5.22. The van der Waals surface area contributed by atoms with Crippen molar-refractivity contribution in [2.24, 2.45) is 5.10 Å². The quantitative estimate of drug-likeness (QED) is 0.540. The predicted octanol–water partition coefficient (Wildman–Crippen LogP) is 1.93. The maximum Gasteiger partial charge on any atom is 0.259 e. The fourth-order valence-electron chi connectivity index (χ4n) is 1.91. The monoisotopic (exact) mass is 361 g/mol. The van der Waals surface area contributed by atoms with Crippen LogP contribution >= 0.6 is 11.6 Å². The standard InChI is InChI=1S/C17H16ClN3O4/c1-25-14-7-3-5-12(16(14)23)9-20-21-15(22)10-19-17(24)11-4-2-6-13(18)8-11/h2-9,23H,10H2,1H3,(H,19,24)(H,21,22)/b20-9+. The Hall–Kier alpha value is -3.06. The fourth-order valence-corrected chi connectivity index (χ4v) is 2.10. The molecule has 0 aliphatic rings. The molecule has 0 unspecified atom stereocenters. The van der Waals surface area contributed by atoms with Gasteiger partial charge in [0, 0.05) is 16.1 Å². The zero-order valence-corrected chi connectivity index (χ0v) is 14.1. The Labute approximate surface area is 149 Å². The SMILES string of the molecule is COc1cccc(/C=N/NC(=O)CNC(=O)c2cccc(Cl)c2)c1O. The van der Waals surface area contributed by atoms with Gasteiger partial charge in [-0.15, -0.1) is 0 Å². The molecule has 0 saturated heterocycles. The summed E-state index contributed by atoms with van der Waals surface area (Å²) in [5.41, 5.74) is 2.98. The topological polar surface area (TPSA) is 100 Å². The van der Waals surface area contributed by atoms with Gasteiger partial charge in [0.1, 0.15) is 0 Å². The van der Waals surface area contributed by atoms with E-state index < -0.39 is 11.8 Å². The van der Waals surface area contributed by atoms with Crippen molar-refractivity contribution in [3.8, 4) is 11.5 Å². The molecule has 7 nitrogen and oxygen atoms in total. The van der Waals surface area contributed by atoms with Gasteiger partial charge in [0.2, 0.25) is 0 Å². The lowest BCUT2D eigenvalue weighted by molar-refractivity contribution is -0.120. The molecule has 0 saturated carbocycles. The molecule has 0 aliphatic heterocycles. The van der Waals surface area contributed by atoms with E-state index in [2.05, 4.69) is 15.8 Å². The van der Waals surface area contributed by atoms with Crippen LogP contribution in [0, 0.1) is 0 Å². The number of nitrogens with one attached hydrogen (secondary N) is 2. The van der Waals surface area contributed by atoms with Crippen LogP contribution in [0.4, 0.5) is 0 Å². The van der Waals surface area contributed by atoms with Crippen molar-refractivity contribution in [1.82, 2.24) is 10.7 Å². The summed E-state index contributed by atoms with van der Waals surface area (Å²) in [6.45, 7) is -0.257. The molecule has 0 fully saturated rings. The molecule has 0 bridgehead atoms. The van der Waals surface area contributed by atoms with Crippen molar-refractivity contribution in [3.05, 3.63) is 58.6 Å². The molecule has 8 heteroatoms. The van der Waals surface area contributed by atoms with E-state index in [4.69, 9.17) is 16.3 Å². The molecule has 0 heterocycles. The van der Waals surface area contributed by atoms with Gasteiger partial charge >= 0.3 is 0 Å².